The molecule has 0 aliphatic carbocycles. The fourth-order valence-corrected chi connectivity index (χ4v) is 6.55. The van der Waals surface area contributed by atoms with Crippen LogP contribution in [0.1, 0.15) is 23.4 Å². The lowest BCUT2D eigenvalue weighted by atomic mass is 10.2. The summed E-state index contributed by atoms with van der Waals surface area (Å²) in [6.07, 6.45) is 0.641. The molecule has 0 unspecified atom stereocenters. The molecular formula is C18H23N3O3S2. The molecule has 0 radical (unpaired) electrons. The van der Waals surface area contributed by atoms with E-state index in [0.717, 1.165) is 22.6 Å². The Bertz CT molecular complexity index is 892. The summed E-state index contributed by atoms with van der Waals surface area (Å²) in [5.74, 6) is 0.632. The lowest BCUT2D eigenvalue weighted by Crippen LogP contribution is -2.26. The molecular weight excluding hydrogens is 370 g/mol. The summed E-state index contributed by atoms with van der Waals surface area (Å²) < 4.78 is 24.8. The van der Waals surface area contributed by atoms with Crippen LogP contribution in [-0.4, -0.2) is 46.6 Å². The highest BCUT2D eigenvalue weighted by atomic mass is 32.2. The van der Waals surface area contributed by atoms with E-state index in [1.807, 2.05) is 48.9 Å². The number of sulfone groups is 1. The van der Waals surface area contributed by atoms with Crippen LogP contribution in [0.2, 0.25) is 0 Å². The fraction of sp³-hybridized carbons (Fsp3) is 0.444. The summed E-state index contributed by atoms with van der Waals surface area (Å²) in [5, 5.41) is 7.54. The summed E-state index contributed by atoms with van der Waals surface area (Å²) in [5.41, 5.74) is 3.89. The van der Waals surface area contributed by atoms with Crippen molar-refractivity contribution in [3.63, 3.8) is 0 Å². The molecule has 3 rings (SSSR count). The van der Waals surface area contributed by atoms with Crippen LogP contribution in [0.25, 0.3) is 5.69 Å². The van der Waals surface area contributed by atoms with Crippen LogP contribution in [0.3, 0.4) is 0 Å². The third kappa shape index (κ3) is 4.48. The minimum atomic E-state index is -2.90. The lowest BCUT2D eigenvalue weighted by molar-refractivity contribution is -0.118. The molecule has 1 saturated heterocycles. The van der Waals surface area contributed by atoms with E-state index in [0.29, 0.717) is 13.0 Å². The van der Waals surface area contributed by atoms with Crippen molar-refractivity contribution in [1.82, 2.24) is 15.1 Å². The van der Waals surface area contributed by atoms with Gasteiger partial charge in [-0.2, -0.15) is 5.10 Å². The predicted molar refractivity (Wildman–Crippen MR) is 104 cm³/mol. The molecule has 140 valence electrons. The van der Waals surface area contributed by atoms with Crippen LogP contribution in [0.5, 0.6) is 0 Å². The number of nitrogens with one attached hydrogen (secondary N) is 1. The molecule has 1 N–H and O–H groups in total. The highest BCUT2D eigenvalue weighted by molar-refractivity contribution is 8.02. The van der Waals surface area contributed by atoms with Crippen LogP contribution in [0.15, 0.2) is 30.3 Å². The number of aromatic nitrogens is 2. The minimum Gasteiger partial charge on any atom is -0.351 e. The van der Waals surface area contributed by atoms with Crippen molar-refractivity contribution in [2.45, 2.75) is 32.1 Å². The van der Waals surface area contributed by atoms with Gasteiger partial charge in [0.05, 0.1) is 28.6 Å². The van der Waals surface area contributed by atoms with Gasteiger partial charge < -0.3 is 5.32 Å². The summed E-state index contributed by atoms with van der Waals surface area (Å²) in [7, 11) is -2.90. The number of thioether (sulfide) groups is 1. The van der Waals surface area contributed by atoms with Gasteiger partial charge >= 0.3 is 0 Å². The van der Waals surface area contributed by atoms with Crippen molar-refractivity contribution < 1.29 is 13.2 Å². The second-order valence-corrected chi connectivity index (χ2v) is 10.0. The standard InChI is InChI=1S/C18H23N3O3S2/c1-13-17(14(2)21(20-13)15-6-4-3-5-7-15)10-19-18(22)11-25-16-8-9-26(23,24)12-16/h3-7,16H,8-12H2,1-2H3,(H,19,22)/t16-/m0/s1. The monoisotopic (exact) mass is 393 g/mol. The van der Waals surface area contributed by atoms with E-state index in [1.165, 1.54) is 11.8 Å². The zero-order chi connectivity index (χ0) is 18.7. The maximum Gasteiger partial charge on any atom is 0.230 e. The van der Waals surface area contributed by atoms with Gasteiger partial charge in [-0.15, -0.1) is 11.8 Å². The van der Waals surface area contributed by atoms with E-state index in [9.17, 15) is 13.2 Å². The predicted octanol–water partition coefficient (Wildman–Crippen LogP) is 2.03. The molecule has 0 saturated carbocycles. The van der Waals surface area contributed by atoms with Gasteiger partial charge in [0.25, 0.3) is 0 Å². The van der Waals surface area contributed by atoms with E-state index in [1.54, 1.807) is 0 Å². The Morgan fingerprint density at radius 1 is 1.31 bits per heavy atom. The fourth-order valence-electron chi connectivity index (χ4n) is 3.08. The van der Waals surface area contributed by atoms with E-state index >= 15 is 0 Å². The first-order valence-corrected chi connectivity index (χ1v) is 11.4. The maximum atomic E-state index is 12.1. The second kappa shape index (κ2) is 7.84. The number of para-hydroxylation sites is 1. The molecule has 1 amide bonds. The molecule has 1 atom stereocenters. The molecule has 2 aromatic rings. The first-order chi connectivity index (χ1) is 12.4. The number of benzene rings is 1. The van der Waals surface area contributed by atoms with Crippen LogP contribution in [0, 0.1) is 13.8 Å². The van der Waals surface area contributed by atoms with Gasteiger partial charge in [-0.05, 0) is 32.4 Å². The van der Waals surface area contributed by atoms with Crippen LogP contribution >= 0.6 is 11.8 Å². The zero-order valence-corrected chi connectivity index (χ0v) is 16.6. The Hall–Kier alpha value is -1.80. The highest BCUT2D eigenvalue weighted by Gasteiger charge is 2.28. The molecule has 1 aromatic carbocycles. The van der Waals surface area contributed by atoms with E-state index in [2.05, 4.69) is 10.4 Å². The number of hydrogen-bond acceptors (Lipinski definition) is 5. The third-order valence-corrected chi connectivity index (χ3v) is 7.83. The molecule has 2 heterocycles. The number of hydrogen-bond donors (Lipinski definition) is 1. The average molecular weight is 394 g/mol. The van der Waals surface area contributed by atoms with Crippen molar-refractivity contribution in [2.24, 2.45) is 0 Å². The SMILES string of the molecule is Cc1nn(-c2ccccc2)c(C)c1CNC(=O)CS[C@H]1CCS(=O)(=O)C1. The van der Waals surface area contributed by atoms with Gasteiger partial charge in [-0.3, -0.25) is 4.79 Å². The second-order valence-electron chi connectivity index (χ2n) is 6.51. The number of nitrogens with zero attached hydrogens (tertiary/aromatic N) is 2. The van der Waals surface area contributed by atoms with E-state index < -0.39 is 9.84 Å². The Kier molecular flexibility index (Phi) is 5.72. The molecule has 0 bridgehead atoms. The average Bonchev–Trinajstić information content (AvgIpc) is 3.11. The quantitative estimate of drug-likeness (QED) is 0.812. The Balaban J connectivity index is 1.56. The molecule has 1 aromatic heterocycles. The zero-order valence-electron chi connectivity index (χ0n) is 14.9. The topological polar surface area (TPSA) is 81.1 Å². The molecule has 1 fully saturated rings. The van der Waals surface area contributed by atoms with Gasteiger partial charge in [0.1, 0.15) is 0 Å². The number of carbonyl (C=O) groups is 1. The van der Waals surface area contributed by atoms with Crippen molar-refractivity contribution in [2.75, 3.05) is 17.3 Å². The Labute approximate surface area is 158 Å². The van der Waals surface area contributed by atoms with Crippen molar-refractivity contribution >= 4 is 27.5 Å². The smallest absolute Gasteiger partial charge is 0.230 e. The van der Waals surface area contributed by atoms with Crippen LogP contribution < -0.4 is 5.32 Å². The number of aryl methyl sites for hydroxylation is 1. The van der Waals surface area contributed by atoms with Crippen LogP contribution in [-0.2, 0) is 21.2 Å². The lowest BCUT2D eigenvalue weighted by Gasteiger charge is -2.09. The third-order valence-electron chi connectivity index (χ3n) is 4.55. The van der Waals surface area contributed by atoms with Crippen molar-refractivity contribution in [1.29, 1.82) is 0 Å². The van der Waals surface area contributed by atoms with Crippen LogP contribution in [0.4, 0.5) is 0 Å². The highest BCUT2D eigenvalue weighted by Crippen LogP contribution is 2.24. The van der Waals surface area contributed by atoms with Crippen molar-refractivity contribution in [3.05, 3.63) is 47.3 Å². The first kappa shape index (κ1) is 19.0. The molecule has 26 heavy (non-hydrogen) atoms. The Morgan fingerprint density at radius 2 is 2.04 bits per heavy atom. The number of rotatable bonds is 6. The van der Waals surface area contributed by atoms with Crippen molar-refractivity contribution in [3.8, 4) is 5.69 Å². The van der Waals surface area contributed by atoms with E-state index in [4.69, 9.17) is 0 Å². The Morgan fingerprint density at radius 3 is 2.69 bits per heavy atom. The maximum absolute atomic E-state index is 12.1. The summed E-state index contributed by atoms with van der Waals surface area (Å²) in [6, 6.07) is 9.88. The summed E-state index contributed by atoms with van der Waals surface area (Å²) >= 11 is 1.43. The minimum absolute atomic E-state index is 0.0371. The molecule has 1 aliphatic heterocycles. The molecule has 0 spiro atoms. The van der Waals surface area contributed by atoms with Gasteiger partial charge in [0.15, 0.2) is 9.84 Å². The number of carbonyl (C=O) groups excluding carboxylic acids is 1. The van der Waals surface area contributed by atoms with Gasteiger partial charge in [0, 0.05) is 23.1 Å². The largest absolute Gasteiger partial charge is 0.351 e. The molecule has 1 aliphatic rings. The summed E-state index contributed by atoms with van der Waals surface area (Å²) in [6.45, 7) is 4.35. The first-order valence-electron chi connectivity index (χ1n) is 8.55. The van der Waals surface area contributed by atoms with Gasteiger partial charge in [-0.25, -0.2) is 13.1 Å². The molecule has 8 heteroatoms. The van der Waals surface area contributed by atoms with Gasteiger partial charge in [0.2, 0.25) is 5.91 Å². The molecule has 6 nitrogen and oxygen atoms in total. The van der Waals surface area contributed by atoms with Gasteiger partial charge in [-0.1, -0.05) is 18.2 Å². The van der Waals surface area contributed by atoms with E-state index in [-0.39, 0.29) is 28.4 Å². The normalized spacial score (nSPS) is 18.8. The summed E-state index contributed by atoms with van der Waals surface area (Å²) in [4.78, 5) is 12.1. The number of amides is 1.